The molecule has 1 atom stereocenters. The lowest BCUT2D eigenvalue weighted by Gasteiger charge is -2.19. The summed E-state index contributed by atoms with van der Waals surface area (Å²) < 4.78 is 5.30. The highest BCUT2D eigenvalue weighted by atomic mass is 32.1. The van der Waals surface area contributed by atoms with Gasteiger partial charge in [0.1, 0.15) is 11.4 Å². The lowest BCUT2D eigenvalue weighted by atomic mass is 10.0. The summed E-state index contributed by atoms with van der Waals surface area (Å²) in [5, 5.41) is 8.87. The van der Waals surface area contributed by atoms with Crippen LogP contribution in [-0.4, -0.2) is 23.3 Å². The molecule has 0 aliphatic heterocycles. The first-order valence-electron chi connectivity index (χ1n) is 7.97. The van der Waals surface area contributed by atoms with Gasteiger partial charge < -0.3 is 9.82 Å². The van der Waals surface area contributed by atoms with E-state index in [1.807, 2.05) is 57.4 Å². The second-order valence-corrected chi connectivity index (χ2v) is 7.98. The molecule has 0 radical (unpaired) electrons. The summed E-state index contributed by atoms with van der Waals surface area (Å²) >= 11 is 1.47. The molecule has 0 fully saturated rings. The Morgan fingerprint density at radius 2 is 2.16 bits per heavy atom. The Labute approximate surface area is 154 Å². The molecule has 0 aliphatic carbocycles. The monoisotopic (exact) mass is 377 g/mol. The number of thiophene rings is 1. The number of hydrogen-bond donors (Lipinski definition) is 2. The molecule has 0 aliphatic rings. The first-order valence-corrected chi connectivity index (χ1v) is 10.4. The summed E-state index contributed by atoms with van der Waals surface area (Å²) in [7, 11) is 0.569. The van der Waals surface area contributed by atoms with Crippen molar-refractivity contribution in [2.24, 2.45) is 0 Å². The number of carbonyl (C=O) groups excluding carboxylic acids is 1. The molecule has 2 heterocycles. The number of nitrogens with zero attached hydrogens (tertiary/aromatic N) is 1. The third kappa shape index (κ3) is 5.55. The molecule has 25 heavy (non-hydrogen) atoms. The van der Waals surface area contributed by atoms with Crippen LogP contribution in [-0.2, 0) is 4.74 Å². The Hall–Kier alpha value is -1.91. The number of amides is 1. The average Bonchev–Trinajstić information content (AvgIpc) is 2.95. The van der Waals surface area contributed by atoms with Gasteiger partial charge in [-0.3, -0.25) is 5.32 Å². The van der Waals surface area contributed by atoms with Crippen LogP contribution >= 0.6 is 20.1 Å². The molecule has 0 spiro atoms. The second kappa shape index (κ2) is 8.45. The van der Waals surface area contributed by atoms with Crippen molar-refractivity contribution in [3.8, 4) is 11.1 Å². The molecule has 2 aromatic rings. The molecule has 5 nitrogen and oxygen atoms in total. The van der Waals surface area contributed by atoms with Crippen molar-refractivity contribution in [2.45, 2.75) is 33.3 Å². The van der Waals surface area contributed by atoms with E-state index in [1.165, 1.54) is 11.3 Å². The van der Waals surface area contributed by atoms with E-state index < -0.39 is 11.7 Å². The van der Waals surface area contributed by atoms with Gasteiger partial charge in [0.25, 0.3) is 0 Å². The van der Waals surface area contributed by atoms with E-state index in [9.17, 15) is 4.79 Å². The quantitative estimate of drug-likeness (QED) is 0.644. The first-order chi connectivity index (χ1) is 11.8. The molecule has 7 heteroatoms. The largest absolute Gasteiger partial charge is 0.444 e. The molecule has 0 bridgehead atoms. The smallest absolute Gasteiger partial charge is 0.412 e. The van der Waals surface area contributed by atoms with Crippen molar-refractivity contribution in [3.05, 3.63) is 35.3 Å². The maximum absolute atomic E-state index is 11.9. The summed E-state index contributed by atoms with van der Waals surface area (Å²) in [6.45, 7) is 9.58. The Morgan fingerprint density at radius 3 is 2.80 bits per heavy atom. The molecule has 0 saturated heterocycles. The minimum absolute atomic E-state index is 0.446. The van der Waals surface area contributed by atoms with E-state index in [0.29, 0.717) is 8.73 Å². The van der Waals surface area contributed by atoms with Gasteiger partial charge in [0.2, 0.25) is 0 Å². The molecule has 2 aromatic heterocycles. The van der Waals surface area contributed by atoms with E-state index >= 15 is 0 Å². The number of carbonyl (C=O) groups is 1. The van der Waals surface area contributed by atoms with Crippen molar-refractivity contribution in [1.29, 1.82) is 0 Å². The van der Waals surface area contributed by atoms with Gasteiger partial charge in [0.15, 0.2) is 0 Å². The molecule has 134 valence electrons. The van der Waals surface area contributed by atoms with E-state index in [1.54, 1.807) is 6.20 Å². The van der Waals surface area contributed by atoms with E-state index in [-0.39, 0.29) is 0 Å². The lowest BCUT2D eigenvalue weighted by Crippen LogP contribution is -2.26. The Morgan fingerprint density at radius 1 is 1.40 bits per heavy atom. The molecule has 1 unspecified atom stereocenters. The zero-order valence-electron chi connectivity index (χ0n) is 15.1. The standard InChI is InChI=1S/C18H24N3O2PS/c1-6-7-14-13(8-9-19-16(14)21-24-5)12-10-15(25-11-12)20-17(22)23-18(2,3)4/h6-11,24H,1-5H3,(H,19,21)(H,20,22)/b7-6-. The number of rotatable bonds is 5. The Bertz CT molecular complexity index is 766. The summed E-state index contributed by atoms with van der Waals surface area (Å²) in [5.41, 5.74) is 2.63. The van der Waals surface area contributed by atoms with Gasteiger partial charge in [-0.25, -0.2) is 9.78 Å². The normalized spacial score (nSPS) is 12.0. The predicted molar refractivity (Wildman–Crippen MR) is 110 cm³/mol. The highest BCUT2D eigenvalue weighted by molar-refractivity contribution is 7.38. The van der Waals surface area contributed by atoms with Gasteiger partial charge in [0, 0.05) is 17.1 Å². The average molecular weight is 377 g/mol. The van der Waals surface area contributed by atoms with Gasteiger partial charge in [-0.05, 0) is 66.4 Å². The third-order valence-electron chi connectivity index (χ3n) is 3.10. The summed E-state index contributed by atoms with van der Waals surface area (Å²) in [4.78, 5) is 16.4. The van der Waals surface area contributed by atoms with Crippen LogP contribution in [0.15, 0.2) is 29.8 Å². The zero-order chi connectivity index (χ0) is 18.4. The molecular formula is C18H24N3O2PS. The van der Waals surface area contributed by atoms with Crippen molar-refractivity contribution in [1.82, 2.24) is 4.98 Å². The molecule has 2 N–H and O–H groups in total. The number of aromatic nitrogens is 1. The van der Waals surface area contributed by atoms with Gasteiger partial charge in [-0.1, -0.05) is 12.2 Å². The Kier molecular flexibility index (Phi) is 6.57. The maximum Gasteiger partial charge on any atom is 0.412 e. The highest BCUT2D eigenvalue weighted by Gasteiger charge is 2.17. The molecule has 1 amide bonds. The second-order valence-electron chi connectivity index (χ2n) is 6.32. The van der Waals surface area contributed by atoms with E-state index in [4.69, 9.17) is 4.74 Å². The van der Waals surface area contributed by atoms with Crippen LogP contribution in [0, 0.1) is 0 Å². The molecular weight excluding hydrogens is 353 g/mol. The SMILES string of the molecule is C/C=C\c1c(-c2csc(NC(=O)OC(C)(C)C)c2)ccnc1NPC. The van der Waals surface area contributed by atoms with Crippen LogP contribution in [0.5, 0.6) is 0 Å². The summed E-state index contributed by atoms with van der Waals surface area (Å²) in [6.07, 6.45) is 5.39. The zero-order valence-corrected chi connectivity index (χ0v) is 17.0. The van der Waals surface area contributed by atoms with Crippen LogP contribution in [0.3, 0.4) is 0 Å². The number of hydrogen-bond acceptors (Lipinski definition) is 5. The van der Waals surface area contributed by atoms with E-state index in [2.05, 4.69) is 22.1 Å². The predicted octanol–water partition coefficient (Wildman–Crippen LogP) is 5.83. The highest BCUT2D eigenvalue weighted by Crippen LogP contribution is 2.35. The topological polar surface area (TPSA) is 63.2 Å². The summed E-state index contributed by atoms with van der Waals surface area (Å²) in [6, 6.07) is 3.94. The van der Waals surface area contributed by atoms with Crippen molar-refractivity contribution in [3.63, 3.8) is 0 Å². The fourth-order valence-corrected chi connectivity index (χ4v) is 3.45. The van der Waals surface area contributed by atoms with Gasteiger partial charge in [0.05, 0.1) is 5.00 Å². The van der Waals surface area contributed by atoms with Crippen LogP contribution in [0.4, 0.5) is 15.6 Å². The fourth-order valence-electron chi connectivity index (χ4n) is 2.23. The lowest BCUT2D eigenvalue weighted by molar-refractivity contribution is 0.0636. The van der Waals surface area contributed by atoms with Crippen LogP contribution in [0.1, 0.15) is 33.3 Å². The van der Waals surface area contributed by atoms with Crippen molar-refractivity contribution in [2.75, 3.05) is 17.1 Å². The fraction of sp³-hybridized carbons (Fsp3) is 0.333. The van der Waals surface area contributed by atoms with Crippen molar-refractivity contribution >= 4 is 43.1 Å². The third-order valence-corrected chi connectivity index (χ3v) is 4.43. The first kappa shape index (κ1) is 19.4. The summed E-state index contributed by atoms with van der Waals surface area (Å²) in [5.74, 6) is 0.865. The van der Waals surface area contributed by atoms with Crippen LogP contribution < -0.4 is 10.4 Å². The van der Waals surface area contributed by atoms with Gasteiger partial charge >= 0.3 is 6.09 Å². The van der Waals surface area contributed by atoms with Gasteiger partial charge in [-0.15, -0.1) is 11.3 Å². The van der Waals surface area contributed by atoms with Crippen LogP contribution in [0.2, 0.25) is 0 Å². The number of allylic oxidation sites excluding steroid dienone is 1. The number of pyridine rings is 1. The minimum atomic E-state index is -0.518. The number of nitrogens with one attached hydrogen (secondary N) is 2. The molecule has 2 rings (SSSR count). The molecule has 0 saturated carbocycles. The number of ether oxygens (including phenoxy) is 1. The van der Waals surface area contributed by atoms with Gasteiger partial charge in [-0.2, -0.15) is 0 Å². The maximum atomic E-state index is 11.9. The van der Waals surface area contributed by atoms with Crippen LogP contribution in [0.25, 0.3) is 17.2 Å². The number of anilines is 2. The van der Waals surface area contributed by atoms with E-state index in [0.717, 1.165) is 27.5 Å². The Balaban J connectivity index is 2.27. The minimum Gasteiger partial charge on any atom is -0.444 e. The van der Waals surface area contributed by atoms with Crippen molar-refractivity contribution < 1.29 is 9.53 Å². The molecule has 0 aromatic carbocycles.